The summed E-state index contributed by atoms with van der Waals surface area (Å²) in [6.45, 7) is 7.64. The highest BCUT2D eigenvalue weighted by Gasteiger charge is 2.17. The first-order valence-electron chi connectivity index (χ1n) is 6.73. The second-order valence-corrected chi connectivity index (χ2v) is 5.26. The topological polar surface area (TPSA) is 58.6 Å². The van der Waals surface area contributed by atoms with Crippen molar-refractivity contribution in [2.75, 3.05) is 6.54 Å². The van der Waals surface area contributed by atoms with Gasteiger partial charge in [-0.25, -0.2) is 4.39 Å². The van der Waals surface area contributed by atoms with Crippen LogP contribution >= 0.6 is 0 Å². The molecular formula is C15H22FNO3. The highest BCUT2D eigenvalue weighted by Crippen LogP contribution is 2.22. The van der Waals surface area contributed by atoms with Crippen LogP contribution in [0.3, 0.4) is 0 Å². The monoisotopic (exact) mass is 283 g/mol. The Morgan fingerprint density at radius 3 is 2.50 bits per heavy atom. The lowest BCUT2D eigenvalue weighted by Gasteiger charge is -2.16. The molecule has 0 radical (unpaired) electrons. The molecule has 20 heavy (non-hydrogen) atoms. The Hall–Kier alpha value is -1.62. The van der Waals surface area contributed by atoms with Gasteiger partial charge in [-0.15, -0.1) is 0 Å². The van der Waals surface area contributed by atoms with Crippen LogP contribution in [0.5, 0.6) is 5.75 Å². The zero-order valence-electron chi connectivity index (χ0n) is 12.3. The molecule has 0 saturated carbocycles. The maximum Gasteiger partial charge on any atom is 0.260 e. The van der Waals surface area contributed by atoms with Gasteiger partial charge in [-0.1, -0.05) is 19.9 Å². The quantitative estimate of drug-likeness (QED) is 0.843. The van der Waals surface area contributed by atoms with Crippen LogP contribution in [-0.2, 0) is 4.79 Å². The van der Waals surface area contributed by atoms with E-state index in [-0.39, 0.29) is 11.7 Å². The number of rotatable bonds is 6. The number of carbonyl (C=O) groups is 1. The first-order chi connectivity index (χ1) is 9.31. The van der Waals surface area contributed by atoms with Crippen LogP contribution in [0, 0.1) is 11.7 Å². The number of halogens is 1. The number of aliphatic hydroxyl groups is 1. The van der Waals surface area contributed by atoms with Gasteiger partial charge in [0.25, 0.3) is 5.91 Å². The standard InChI is InChI=1S/C15H22FNO3/c1-9(2)8-17-15(19)11(4)20-14-6-5-12(10(3)18)7-13(14)16/h5-7,9-11,18H,8H2,1-4H3,(H,17,19). The maximum absolute atomic E-state index is 13.8. The highest BCUT2D eigenvalue weighted by atomic mass is 19.1. The largest absolute Gasteiger partial charge is 0.478 e. The van der Waals surface area contributed by atoms with Gasteiger partial charge in [0, 0.05) is 6.54 Å². The Labute approximate surface area is 119 Å². The number of amides is 1. The number of carbonyl (C=O) groups excluding carboxylic acids is 1. The van der Waals surface area contributed by atoms with Crippen molar-refractivity contribution in [1.82, 2.24) is 5.32 Å². The van der Waals surface area contributed by atoms with Crippen LogP contribution < -0.4 is 10.1 Å². The van der Waals surface area contributed by atoms with Crippen molar-refractivity contribution in [3.63, 3.8) is 0 Å². The third kappa shape index (κ3) is 4.81. The minimum atomic E-state index is -0.777. The third-order valence-corrected chi connectivity index (χ3v) is 2.80. The van der Waals surface area contributed by atoms with E-state index >= 15 is 0 Å². The average molecular weight is 283 g/mol. The molecule has 0 saturated heterocycles. The first-order valence-corrected chi connectivity index (χ1v) is 6.73. The van der Waals surface area contributed by atoms with E-state index in [4.69, 9.17) is 4.74 Å². The summed E-state index contributed by atoms with van der Waals surface area (Å²) in [5, 5.41) is 12.1. The summed E-state index contributed by atoms with van der Waals surface area (Å²) in [5.41, 5.74) is 0.465. The van der Waals surface area contributed by atoms with Crippen molar-refractivity contribution in [2.45, 2.75) is 39.9 Å². The van der Waals surface area contributed by atoms with Gasteiger partial charge in [0.2, 0.25) is 0 Å². The SMILES string of the molecule is CC(C)CNC(=O)C(C)Oc1ccc(C(C)O)cc1F. The van der Waals surface area contributed by atoms with Gasteiger partial charge in [-0.3, -0.25) is 4.79 Å². The Bertz CT molecular complexity index is 460. The summed E-state index contributed by atoms with van der Waals surface area (Å²) in [7, 11) is 0. The van der Waals surface area contributed by atoms with Crippen LogP contribution in [-0.4, -0.2) is 23.7 Å². The van der Waals surface area contributed by atoms with Crippen LogP contribution in [0.4, 0.5) is 4.39 Å². The summed E-state index contributed by atoms with van der Waals surface area (Å²) in [6, 6.07) is 4.20. The lowest BCUT2D eigenvalue weighted by Crippen LogP contribution is -2.38. The average Bonchev–Trinajstić information content (AvgIpc) is 2.37. The van der Waals surface area contributed by atoms with Crippen molar-refractivity contribution >= 4 is 5.91 Å². The minimum Gasteiger partial charge on any atom is -0.478 e. The third-order valence-electron chi connectivity index (χ3n) is 2.80. The summed E-state index contributed by atoms with van der Waals surface area (Å²) >= 11 is 0. The smallest absolute Gasteiger partial charge is 0.260 e. The molecule has 2 unspecified atom stereocenters. The fourth-order valence-corrected chi connectivity index (χ4v) is 1.56. The van der Waals surface area contributed by atoms with Crippen LogP contribution in [0.15, 0.2) is 18.2 Å². The molecule has 0 aliphatic heterocycles. The van der Waals surface area contributed by atoms with Crippen molar-refractivity contribution < 1.29 is 19.0 Å². The molecule has 5 heteroatoms. The highest BCUT2D eigenvalue weighted by molar-refractivity contribution is 5.80. The van der Waals surface area contributed by atoms with Crippen LogP contribution in [0.1, 0.15) is 39.4 Å². The van der Waals surface area contributed by atoms with E-state index in [1.165, 1.54) is 12.1 Å². The number of ether oxygens (including phenoxy) is 1. The maximum atomic E-state index is 13.8. The van der Waals surface area contributed by atoms with E-state index in [1.807, 2.05) is 13.8 Å². The first kappa shape index (κ1) is 16.4. The van der Waals surface area contributed by atoms with Crippen molar-refractivity contribution in [1.29, 1.82) is 0 Å². The van der Waals surface area contributed by atoms with Crippen LogP contribution in [0.25, 0.3) is 0 Å². The summed E-state index contributed by atoms with van der Waals surface area (Å²) in [4.78, 5) is 11.7. The van der Waals surface area contributed by atoms with Gasteiger partial charge >= 0.3 is 0 Å². The Morgan fingerprint density at radius 2 is 2.00 bits per heavy atom. The van der Waals surface area contributed by atoms with E-state index < -0.39 is 18.0 Å². The van der Waals surface area contributed by atoms with Gasteiger partial charge < -0.3 is 15.2 Å². The van der Waals surface area contributed by atoms with Crippen molar-refractivity contribution in [2.24, 2.45) is 5.92 Å². The second-order valence-electron chi connectivity index (χ2n) is 5.26. The second kappa shape index (κ2) is 7.24. The molecule has 0 heterocycles. The lowest BCUT2D eigenvalue weighted by atomic mass is 10.1. The Kier molecular flexibility index (Phi) is 5.95. The molecule has 0 aromatic heterocycles. The summed E-state index contributed by atoms with van der Waals surface area (Å²) in [6.07, 6.45) is -1.52. The fraction of sp³-hybridized carbons (Fsp3) is 0.533. The number of hydrogen-bond acceptors (Lipinski definition) is 3. The summed E-state index contributed by atoms with van der Waals surface area (Å²) in [5.74, 6) is -0.528. The zero-order chi connectivity index (χ0) is 15.3. The van der Waals surface area contributed by atoms with Gasteiger partial charge in [0.1, 0.15) is 0 Å². The molecule has 0 spiro atoms. The van der Waals surface area contributed by atoms with Gasteiger partial charge in [-0.05, 0) is 37.5 Å². The molecule has 1 aromatic rings. The Morgan fingerprint density at radius 1 is 1.35 bits per heavy atom. The molecule has 4 nitrogen and oxygen atoms in total. The number of benzene rings is 1. The lowest BCUT2D eigenvalue weighted by molar-refractivity contribution is -0.127. The van der Waals surface area contributed by atoms with Gasteiger partial charge in [0.15, 0.2) is 17.7 Å². The fourth-order valence-electron chi connectivity index (χ4n) is 1.56. The molecule has 0 bridgehead atoms. The summed E-state index contributed by atoms with van der Waals surface area (Å²) < 4.78 is 19.1. The molecule has 0 aliphatic carbocycles. The van der Waals surface area contributed by atoms with Crippen molar-refractivity contribution in [3.8, 4) is 5.75 Å². The molecule has 0 aliphatic rings. The molecule has 1 aromatic carbocycles. The molecule has 1 amide bonds. The number of aliphatic hydroxyl groups excluding tert-OH is 1. The van der Waals surface area contributed by atoms with E-state index in [2.05, 4.69) is 5.32 Å². The predicted molar refractivity (Wildman–Crippen MR) is 75.0 cm³/mol. The van der Waals surface area contributed by atoms with E-state index in [9.17, 15) is 14.3 Å². The van der Waals surface area contributed by atoms with Gasteiger partial charge in [0.05, 0.1) is 6.10 Å². The van der Waals surface area contributed by atoms with E-state index in [1.54, 1.807) is 19.9 Å². The zero-order valence-corrected chi connectivity index (χ0v) is 12.3. The van der Waals surface area contributed by atoms with E-state index in [0.29, 0.717) is 18.0 Å². The minimum absolute atomic E-state index is 0.00148. The number of nitrogens with one attached hydrogen (secondary N) is 1. The molecule has 0 fully saturated rings. The molecule has 2 atom stereocenters. The normalized spacial score (nSPS) is 13.9. The predicted octanol–water partition coefficient (Wildman–Crippen LogP) is 2.42. The molecule has 112 valence electrons. The Balaban J connectivity index is 2.66. The molecular weight excluding hydrogens is 261 g/mol. The van der Waals surface area contributed by atoms with Gasteiger partial charge in [-0.2, -0.15) is 0 Å². The molecule has 1 rings (SSSR count). The van der Waals surface area contributed by atoms with E-state index in [0.717, 1.165) is 0 Å². The van der Waals surface area contributed by atoms with Crippen molar-refractivity contribution in [3.05, 3.63) is 29.6 Å². The number of hydrogen-bond donors (Lipinski definition) is 2. The van der Waals surface area contributed by atoms with Crippen LogP contribution in [0.2, 0.25) is 0 Å². The molecule has 2 N–H and O–H groups in total.